The summed E-state index contributed by atoms with van der Waals surface area (Å²) in [6, 6.07) is 9.22. The Morgan fingerprint density at radius 2 is 2.32 bits per heavy atom. The van der Waals surface area contributed by atoms with Crippen molar-refractivity contribution in [2.75, 3.05) is 6.61 Å². The Morgan fingerprint density at radius 3 is 3.00 bits per heavy atom. The first-order valence-corrected chi connectivity index (χ1v) is 7.70. The highest BCUT2D eigenvalue weighted by Crippen LogP contribution is 2.43. The number of hydrogen-bond donors (Lipinski definition) is 3. The highest BCUT2D eigenvalue weighted by atomic mass is 16.5. The van der Waals surface area contributed by atoms with Gasteiger partial charge in [0.15, 0.2) is 6.61 Å². The summed E-state index contributed by atoms with van der Waals surface area (Å²) in [7, 11) is 0. The number of carbonyl (C=O) groups is 1. The number of nitrogens with one attached hydrogen (secondary N) is 1. The van der Waals surface area contributed by atoms with Crippen molar-refractivity contribution in [1.29, 1.82) is 5.26 Å². The summed E-state index contributed by atoms with van der Waals surface area (Å²) in [6.45, 7) is 1.75. The maximum Gasteiger partial charge on any atom is 0.255 e. The minimum Gasteiger partial charge on any atom is -0.484 e. The number of nitrogens with two attached hydrogens (primary N) is 2. The van der Waals surface area contributed by atoms with Crippen LogP contribution in [-0.2, 0) is 11.2 Å². The van der Waals surface area contributed by atoms with Crippen LogP contribution in [0.1, 0.15) is 29.7 Å². The van der Waals surface area contributed by atoms with Crippen molar-refractivity contribution in [1.82, 2.24) is 10.2 Å². The summed E-state index contributed by atoms with van der Waals surface area (Å²) in [5.41, 5.74) is 13.7. The average molecular weight is 339 g/mol. The number of rotatable bonds is 5. The Hall–Kier alpha value is -3.47. The van der Waals surface area contributed by atoms with Gasteiger partial charge in [-0.15, -0.1) is 5.10 Å². The molecule has 1 aliphatic rings. The SMILES string of the molecule is CCc1[nH]nc2c1[C@H](c1cccc(OCC(N)=O)c1)C(C#N)=C(N)O2. The number of aromatic amines is 1. The van der Waals surface area contributed by atoms with E-state index in [1.807, 2.05) is 13.0 Å². The molecule has 1 atom stereocenters. The van der Waals surface area contributed by atoms with Crippen LogP contribution in [0.5, 0.6) is 11.6 Å². The van der Waals surface area contributed by atoms with Gasteiger partial charge in [-0.25, -0.2) is 0 Å². The molecule has 8 nitrogen and oxygen atoms in total. The van der Waals surface area contributed by atoms with Crippen molar-refractivity contribution >= 4 is 5.91 Å². The highest BCUT2D eigenvalue weighted by molar-refractivity contribution is 5.75. The fourth-order valence-corrected chi connectivity index (χ4v) is 2.85. The summed E-state index contributed by atoms with van der Waals surface area (Å²) in [5.74, 6) is -0.135. The Kier molecular flexibility index (Phi) is 4.31. The van der Waals surface area contributed by atoms with E-state index in [9.17, 15) is 10.1 Å². The van der Waals surface area contributed by atoms with E-state index in [0.717, 1.165) is 16.8 Å². The number of primary amides is 1. The number of aromatic nitrogens is 2. The van der Waals surface area contributed by atoms with Gasteiger partial charge >= 0.3 is 0 Å². The number of fused-ring (bicyclic) bond motifs is 1. The number of H-pyrrole nitrogens is 1. The summed E-state index contributed by atoms with van der Waals surface area (Å²) >= 11 is 0. The normalized spacial score (nSPS) is 15.9. The maximum absolute atomic E-state index is 10.9. The van der Waals surface area contributed by atoms with Crippen molar-refractivity contribution in [2.24, 2.45) is 11.5 Å². The predicted octanol–water partition coefficient (Wildman–Crippen LogP) is 1.05. The third-order valence-electron chi connectivity index (χ3n) is 3.94. The minimum atomic E-state index is -0.566. The van der Waals surface area contributed by atoms with E-state index in [0.29, 0.717) is 23.6 Å². The van der Waals surface area contributed by atoms with Crippen LogP contribution in [0.2, 0.25) is 0 Å². The molecule has 0 spiro atoms. The summed E-state index contributed by atoms with van der Waals surface area (Å²) in [5, 5.41) is 16.6. The minimum absolute atomic E-state index is 0.0256. The van der Waals surface area contributed by atoms with Gasteiger partial charge in [0.1, 0.15) is 17.4 Å². The lowest BCUT2D eigenvalue weighted by molar-refractivity contribution is -0.119. The highest BCUT2D eigenvalue weighted by Gasteiger charge is 2.34. The lowest BCUT2D eigenvalue weighted by atomic mass is 9.83. The Bertz CT molecular complexity index is 894. The number of aryl methyl sites for hydroxylation is 1. The molecule has 128 valence electrons. The molecule has 0 saturated carbocycles. The topological polar surface area (TPSA) is 140 Å². The van der Waals surface area contributed by atoms with E-state index in [2.05, 4.69) is 16.3 Å². The number of ether oxygens (including phenoxy) is 2. The summed E-state index contributed by atoms with van der Waals surface area (Å²) in [6.07, 6.45) is 0.693. The van der Waals surface area contributed by atoms with Crippen LogP contribution in [-0.4, -0.2) is 22.7 Å². The molecule has 1 aliphatic heterocycles. The average Bonchev–Trinajstić information content (AvgIpc) is 3.01. The summed E-state index contributed by atoms with van der Waals surface area (Å²) < 4.78 is 10.8. The Labute approximate surface area is 144 Å². The number of benzene rings is 1. The van der Waals surface area contributed by atoms with E-state index in [1.54, 1.807) is 18.2 Å². The van der Waals surface area contributed by atoms with Gasteiger partial charge in [0.25, 0.3) is 5.91 Å². The van der Waals surface area contributed by atoms with E-state index >= 15 is 0 Å². The van der Waals surface area contributed by atoms with Crippen LogP contribution in [0.15, 0.2) is 35.7 Å². The first kappa shape index (κ1) is 16.4. The third kappa shape index (κ3) is 2.99. The largest absolute Gasteiger partial charge is 0.484 e. The fraction of sp³-hybridized carbons (Fsp3) is 0.235. The smallest absolute Gasteiger partial charge is 0.255 e. The second-order valence-corrected chi connectivity index (χ2v) is 5.53. The fourth-order valence-electron chi connectivity index (χ4n) is 2.85. The van der Waals surface area contributed by atoms with Crippen molar-refractivity contribution in [3.8, 4) is 17.7 Å². The number of allylic oxidation sites excluding steroid dienone is 1. The van der Waals surface area contributed by atoms with E-state index in [1.165, 1.54) is 0 Å². The second-order valence-electron chi connectivity index (χ2n) is 5.53. The van der Waals surface area contributed by atoms with Crippen LogP contribution in [0, 0.1) is 11.3 Å². The number of hydrogen-bond acceptors (Lipinski definition) is 6. The standard InChI is InChI=1S/C17H17N5O3/c1-2-12-15-14(11(7-18)16(20)25-17(15)22-21-12)9-4-3-5-10(6-9)24-8-13(19)23/h3-6,14H,2,8,20H2,1H3,(H2,19,23)(H,21,22)/t14-/m1/s1. The van der Waals surface area contributed by atoms with Crippen molar-refractivity contribution in [2.45, 2.75) is 19.3 Å². The van der Waals surface area contributed by atoms with Crippen molar-refractivity contribution in [3.63, 3.8) is 0 Å². The summed E-state index contributed by atoms with van der Waals surface area (Å²) in [4.78, 5) is 10.9. The molecule has 0 radical (unpaired) electrons. The zero-order chi connectivity index (χ0) is 18.0. The lowest BCUT2D eigenvalue weighted by Gasteiger charge is -2.24. The molecular weight excluding hydrogens is 322 g/mol. The molecular formula is C17H17N5O3. The zero-order valence-electron chi connectivity index (χ0n) is 13.6. The van der Waals surface area contributed by atoms with Gasteiger partial charge in [-0.3, -0.25) is 9.89 Å². The van der Waals surface area contributed by atoms with E-state index in [-0.39, 0.29) is 12.5 Å². The van der Waals surface area contributed by atoms with Crippen LogP contribution in [0.4, 0.5) is 0 Å². The van der Waals surface area contributed by atoms with E-state index < -0.39 is 11.8 Å². The molecule has 0 fully saturated rings. The Balaban J connectivity index is 2.08. The first-order valence-electron chi connectivity index (χ1n) is 7.70. The monoisotopic (exact) mass is 339 g/mol. The van der Waals surface area contributed by atoms with Crippen LogP contribution in [0.25, 0.3) is 0 Å². The van der Waals surface area contributed by atoms with Gasteiger partial charge in [0.05, 0.1) is 5.92 Å². The van der Waals surface area contributed by atoms with Crippen LogP contribution in [0.3, 0.4) is 0 Å². The Morgan fingerprint density at radius 1 is 1.52 bits per heavy atom. The first-order chi connectivity index (χ1) is 12.0. The zero-order valence-corrected chi connectivity index (χ0v) is 13.6. The van der Waals surface area contributed by atoms with E-state index in [4.69, 9.17) is 20.9 Å². The molecule has 1 aromatic heterocycles. The molecule has 0 saturated heterocycles. The quantitative estimate of drug-likeness (QED) is 0.744. The predicted molar refractivity (Wildman–Crippen MR) is 88.4 cm³/mol. The van der Waals surface area contributed by atoms with Crippen molar-refractivity contribution < 1.29 is 14.3 Å². The van der Waals surface area contributed by atoms with Gasteiger partial charge < -0.3 is 20.9 Å². The molecule has 25 heavy (non-hydrogen) atoms. The molecule has 1 amide bonds. The van der Waals surface area contributed by atoms with Gasteiger partial charge in [-0.1, -0.05) is 19.1 Å². The second kappa shape index (κ2) is 6.57. The molecule has 8 heteroatoms. The van der Waals surface area contributed by atoms with Gasteiger partial charge in [0.2, 0.25) is 11.8 Å². The molecule has 0 bridgehead atoms. The van der Waals surface area contributed by atoms with Crippen LogP contribution < -0.4 is 20.9 Å². The number of carbonyl (C=O) groups excluding carboxylic acids is 1. The van der Waals surface area contributed by atoms with Crippen molar-refractivity contribution in [3.05, 3.63) is 52.5 Å². The molecule has 2 aromatic rings. The maximum atomic E-state index is 10.9. The molecule has 2 heterocycles. The lowest BCUT2D eigenvalue weighted by Crippen LogP contribution is -2.22. The molecule has 0 unspecified atom stereocenters. The van der Waals surface area contributed by atoms with Gasteiger partial charge in [0, 0.05) is 11.3 Å². The van der Waals surface area contributed by atoms with Gasteiger partial charge in [-0.2, -0.15) is 5.26 Å². The number of amides is 1. The number of nitriles is 1. The molecule has 3 rings (SSSR count). The van der Waals surface area contributed by atoms with Crippen LogP contribution >= 0.6 is 0 Å². The molecule has 1 aromatic carbocycles. The molecule has 5 N–H and O–H groups in total. The van der Waals surface area contributed by atoms with Gasteiger partial charge in [-0.05, 0) is 24.1 Å². The number of nitrogens with zero attached hydrogens (tertiary/aromatic N) is 2. The molecule has 0 aliphatic carbocycles. The third-order valence-corrected chi connectivity index (χ3v) is 3.94.